The summed E-state index contributed by atoms with van der Waals surface area (Å²) in [5.41, 5.74) is 8.60. The van der Waals surface area contributed by atoms with Crippen molar-refractivity contribution in [1.29, 1.82) is 0 Å². The van der Waals surface area contributed by atoms with Crippen molar-refractivity contribution in [2.24, 2.45) is 5.73 Å². The van der Waals surface area contributed by atoms with Crippen LogP contribution in [0.2, 0.25) is 0 Å². The Morgan fingerprint density at radius 2 is 1.79 bits per heavy atom. The lowest BCUT2D eigenvalue weighted by atomic mass is 10.1. The zero-order chi connectivity index (χ0) is 14.0. The molecule has 2 rings (SSSR count). The average Bonchev–Trinajstić information content (AvgIpc) is 2.38. The Bertz CT molecular complexity index is 608. The maximum absolute atomic E-state index is 14.1. The van der Waals surface area contributed by atoms with Crippen molar-refractivity contribution in [2.75, 3.05) is 11.9 Å². The maximum Gasteiger partial charge on any atom is 0.147 e. The summed E-state index contributed by atoms with van der Waals surface area (Å²) in [4.78, 5) is 1.99. The zero-order valence-corrected chi connectivity index (χ0v) is 11.7. The number of aryl methyl sites for hydroxylation is 1. The molecule has 0 aliphatic rings. The van der Waals surface area contributed by atoms with Gasteiger partial charge in [-0.3, -0.25) is 0 Å². The highest BCUT2D eigenvalue weighted by molar-refractivity contribution is 7.80. The van der Waals surface area contributed by atoms with Crippen molar-refractivity contribution in [3.8, 4) is 0 Å². The van der Waals surface area contributed by atoms with Gasteiger partial charge in [0.1, 0.15) is 10.8 Å². The van der Waals surface area contributed by atoms with Gasteiger partial charge in [0.05, 0.1) is 5.69 Å². The molecule has 19 heavy (non-hydrogen) atoms. The Balaban J connectivity index is 2.36. The van der Waals surface area contributed by atoms with Crippen LogP contribution in [0.3, 0.4) is 0 Å². The van der Waals surface area contributed by atoms with E-state index in [0.29, 0.717) is 11.3 Å². The molecular formula is C15H15FN2S. The van der Waals surface area contributed by atoms with Gasteiger partial charge in [-0.15, -0.1) is 0 Å². The molecule has 0 spiro atoms. The van der Waals surface area contributed by atoms with E-state index in [1.165, 1.54) is 11.6 Å². The molecule has 98 valence electrons. The summed E-state index contributed by atoms with van der Waals surface area (Å²) >= 11 is 4.84. The molecule has 2 aromatic rings. The van der Waals surface area contributed by atoms with Crippen LogP contribution in [0.25, 0.3) is 0 Å². The van der Waals surface area contributed by atoms with Crippen LogP contribution in [-0.4, -0.2) is 12.0 Å². The molecule has 0 aliphatic carbocycles. The smallest absolute Gasteiger partial charge is 0.147 e. The Kier molecular flexibility index (Phi) is 3.81. The van der Waals surface area contributed by atoms with E-state index in [-0.39, 0.29) is 10.8 Å². The van der Waals surface area contributed by atoms with E-state index in [4.69, 9.17) is 18.0 Å². The highest BCUT2D eigenvalue weighted by Gasteiger charge is 2.10. The monoisotopic (exact) mass is 274 g/mol. The summed E-state index contributed by atoms with van der Waals surface area (Å²) < 4.78 is 14.1. The van der Waals surface area contributed by atoms with Crippen LogP contribution >= 0.6 is 12.2 Å². The predicted molar refractivity (Wildman–Crippen MR) is 81.5 cm³/mol. The molecule has 0 aliphatic heterocycles. The van der Waals surface area contributed by atoms with Crippen LogP contribution in [0.1, 0.15) is 11.1 Å². The highest BCUT2D eigenvalue weighted by atomic mass is 32.1. The molecule has 2 nitrogen and oxygen atoms in total. The molecule has 0 fully saturated rings. The lowest BCUT2D eigenvalue weighted by Crippen LogP contribution is -2.14. The number of halogens is 1. The molecule has 4 heteroatoms. The fourth-order valence-electron chi connectivity index (χ4n) is 1.84. The van der Waals surface area contributed by atoms with Gasteiger partial charge < -0.3 is 10.6 Å². The molecule has 0 aromatic heterocycles. The van der Waals surface area contributed by atoms with Crippen molar-refractivity contribution in [1.82, 2.24) is 0 Å². The van der Waals surface area contributed by atoms with Crippen molar-refractivity contribution in [2.45, 2.75) is 6.92 Å². The van der Waals surface area contributed by atoms with E-state index in [9.17, 15) is 4.39 Å². The third-order valence-electron chi connectivity index (χ3n) is 3.01. The third kappa shape index (κ3) is 2.90. The summed E-state index contributed by atoms with van der Waals surface area (Å²) in [6.45, 7) is 2.02. The first-order chi connectivity index (χ1) is 8.99. The van der Waals surface area contributed by atoms with E-state index in [2.05, 4.69) is 0 Å². The van der Waals surface area contributed by atoms with Crippen LogP contribution in [0, 0.1) is 12.7 Å². The van der Waals surface area contributed by atoms with Gasteiger partial charge in [0.15, 0.2) is 0 Å². The molecule has 2 aromatic carbocycles. The topological polar surface area (TPSA) is 29.3 Å². The van der Waals surface area contributed by atoms with Gasteiger partial charge >= 0.3 is 0 Å². The maximum atomic E-state index is 14.1. The largest absolute Gasteiger partial charge is 0.389 e. The van der Waals surface area contributed by atoms with Gasteiger partial charge in [-0.25, -0.2) is 4.39 Å². The number of benzene rings is 2. The molecule has 0 bridgehead atoms. The summed E-state index contributed by atoms with van der Waals surface area (Å²) in [6, 6.07) is 12.7. The average molecular weight is 274 g/mol. The first-order valence-corrected chi connectivity index (χ1v) is 6.29. The molecule has 0 atom stereocenters. The summed E-state index contributed by atoms with van der Waals surface area (Å²) in [7, 11) is 1.82. The first-order valence-electron chi connectivity index (χ1n) is 5.89. The fraction of sp³-hybridized carbons (Fsp3) is 0.133. The second-order valence-electron chi connectivity index (χ2n) is 4.43. The number of nitrogens with two attached hydrogens (primary N) is 1. The van der Waals surface area contributed by atoms with Gasteiger partial charge in [0.2, 0.25) is 0 Å². The van der Waals surface area contributed by atoms with Crippen LogP contribution in [0.15, 0.2) is 42.5 Å². The molecule has 0 saturated heterocycles. The lowest BCUT2D eigenvalue weighted by molar-refractivity contribution is 0.627. The van der Waals surface area contributed by atoms with E-state index < -0.39 is 0 Å². The third-order valence-corrected chi connectivity index (χ3v) is 3.25. The Morgan fingerprint density at radius 3 is 2.32 bits per heavy atom. The Labute approximate surface area is 117 Å². The van der Waals surface area contributed by atoms with E-state index in [1.807, 2.05) is 38.2 Å². The minimum absolute atomic E-state index is 0.198. The second kappa shape index (κ2) is 5.36. The zero-order valence-electron chi connectivity index (χ0n) is 10.9. The van der Waals surface area contributed by atoms with Gasteiger partial charge in [-0.2, -0.15) is 0 Å². The Morgan fingerprint density at radius 1 is 1.16 bits per heavy atom. The molecule has 0 radical (unpaired) electrons. The first kappa shape index (κ1) is 13.5. The second-order valence-corrected chi connectivity index (χ2v) is 4.86. The van der Waals surface area contributed by atoms with Gasteiger partial charge in [0, 0.05) is 18.3 Å². The minimum Gasteiger partial charge on any atom is -0.389 e. The molecule has 0 unspecified atom stereocenters. The summed E-state index contributed by atoms with van der Waals surface area (Å²) in [5, 5.41) is 0. The van der Waals surface area contributed by atoms with Crippen molar-refractivity contribution in [3.05, 3.63) is 59.4 Å². The standard InChI is InChI=1S/C15H15FN2S/c1-10-3-6-12(7-4-10)18(2)14-8-5-11(15(17)19)9-13(14)16/h3-9H,1-2H3,(H2,17,19). The number of nitrogens with zero attached hydrogens (tertiary/aromatic N) is 1. The lowest BCUT2D eigenvalue weighted by Gasteiger charge is -2.20. The van der Waals surface area contributed by atoms with E-state index in [1.54, 1.807) is 17.0 Å². The van der Waals surface area contributed by atoms with Gasteiger partial charge in [-0.05, 0) is 37.3 Å². The van der Waals surface area contributed by atoms with Crippen LogP contribution in [-0.2, 0) is 0 Å². The molecule has 2 N–H and O–H groups in total. The van der Waals surface area contributed by atoms with Crippen molar-refractivity contribution >= 4 is 28.6 Å². The fourth-order valence-corrected chi connectivity index (χ4v) is 1.97. The molecule has 0 heterocycles. The predicted octanol–water partition coefficient (Wildman–Crippen LogP) is 3.54. The molecule has 0 saturated carbocycles. The highest BCUT2D eigenvalue weighted by Crippen LogP contribution is 2.27. The molecular weight excluding hydrogens is 259 g/mol. The van der Waals surface area contributed by atoms with Crippen LogP contribution < -0.4 is 10.6 Å². The number of rotatable bonds is 3. The van der Waals surface area contributed by atoms with Crippen molar-refractivity contribution in [3.63, 3.8) is 0 Å². The summed E-state index contributed by atoms with van der Waals surface area (Å²) in [5.74, 6) is -0.339. The Hall–Kier alpha value is -1.94. The number of hydrogen-bond acceptors (Lipinski definition) is 2. The SMILES string of the molecule is Cc1ccc(N(C)c2ccc(C(N)=S)cc2F)cc1. The number of thiocarbonyl (C=S) groups is 1. The molecule has 0 amide bonds. The van der Waals surface area contributed by atoms with Crippen LogP contribution in [0.4, 0.5) is 15.8 Å². The quantitative estimate of drug-likeness (QED) is 0.868. The summed E-state index contributed by atoms with van der Waals surface area (Å²) in [6.07, 6.45) is 0. The number of anilines is 2. The van der Waals surface area contributed by atoms with Crippen molar-refractivity contribution < 1.29 is 4.39 Å². The normalized spacial score (nSPS) is 10.3. The van der Waals surface area contributed by atoms with E-state index >= 15 is 0 Å². The van der Waals surface area contributed by atoms with E-state index in [0.717, 1.165) is 5.69 Å². The van der Waals surface area contributed by atoms with Gasteiger partial charge in [-0.1, -0.05) is 29.9 Å². The minimum atomic E-state index is -0.339. The van der Waals surface area contributed by atoms with Gasteiger partial charge in [0.25, 0.3) is 0 Å². The number of hydrogen-bond donors (Lipinski definition) is 1. The van der Waals surface area contributed by atoms with Crippen LogP contribution in [0.5, 0.6) is 0 Å².